The molecule has 9 heteroatoms. The minimum absolute atomic E-state index is 0.00886. The zero-order valence-corrected chi connectivity index (χ0v) is 17.2. The first-order valence-electron chi connectivity index (χ1n) is 9.43. The van der Waals surface area contributed by atoms with Gasteiger partial charge < -0.3 is 5.32 Å². The summed E-state index contributed by atoms with van der Waals surface area (Å²) in [5.41, 5.74) is 1.49. The van der Waals surface area contributed by atoms with Gasteiger partial charge in [-0.25, -0.2) is 22.8 Å². The van der Waals surface area contributed by atoms with Crippen LogP contribution in [0, 0.1) is 0 Å². The molecule has 2 N–H and O–H groups in total. The van der Waals surface area contributed by atoms with Crippen molar-refractivity contribution >= 4 is 21.6 Å². The lowest BCUT2D eigenvalue weighted by Gasteiger charge is -2.11. The van der Waals surface area contributed by atoms with E-state index in [0.717, 1.165) is 5.56 Å². The lowest BCUT2D eigenvalue weighted by molar-refractivity contribution is 0.102. The molecule has 2 heterocycles. The van der Waals surface area contributed by atoms with Gasteiger partial charge in [-0.2, -0.15) is 5.10 Å². The van der Waals surface area contributed by atoms with Gasteiger partial charge >= 0.3 is 0 Å². The number of pyridine rings is 1. The van der Waals surface area contributed by atoms with Crippen LogP contribution in [0.25, 0.3) is 5.82 Å². The molecule has 0 aliphatic rings. The average Bonchev–Trinajstić information content (AvgIpc) is 3.34. The Hall–Kier alpha value is -3.82. The van der Waals surface area contributed by atoms with E-state index in [9.17, 15) is 13.2 Å². The molecule has 0 saturated carbocycles. The maximum Gasteiger partial charge on any atom is 0.255 e. The lowest BCUT2D eigenvalue weighted by Crippen LogP contribution is -2.23. The Morgan fingerprint density at radius 3 is 2.55 bits per heavy atom. The van der Waals surface area contributed by atoms with Gasteiger partial charge in [0.05, 0.1) is 10.6 Å². The molecule has 8 nitrogen and oxygen atoms in total. The molecule has 0 bridgehead atoms. The Balaban J connectivity index is 1.53. The van der Waals surface area contributed by atoms with Crippen molar-refractivity contribution in [3.63, 3.8) is 0 Å². The molecular formula is C22H19N5O3S. The number of benzene rings is 2. The van der Waals surface area contributed by atoms with Gasteiger partial charge in [0, 0.05) is 30.7 Å². The molecular weight excluding hydrogens is 414 g/mol. The summed E-state index contributed by atoms with van der Waals surface area (Å²) in [5.74, 6) is -0.00401. The Labute approximate surface area is 179 Å². The number of carbonyl (C=O) groups excluding carboxylic acids is 1. The van der Waals surface area contributed by atoms with Crippen molar-refractivity contribution in [3.05, 3.63) is 103 Å². The summed E-state index contributed by atoms with van der Waals surface area (Å²) < 4.78 is 29.5. The second kappa shape index (κ2) is 8.90. The van der Waals surface area contributed by atoms with Gasteiger partial charge in [0.15, 0.2) is 5.82 Å². The molecule has 0 atom stereocenters. The predicted molar refractivity (Wildman–Crippen MR) is 116 cm³/mol. The molecule has 4 rings (SSSR count). The van der Waals surface area contributed by atoms with Crippen LogP contribution in [0.4, 0.5) is 5.69 Å². The number of hydrogen-bond acceptors (Lipinski definition) is 5. The highest BCUT2D eigenvalue weighted by molar-refractivity contribution is 7.89. The number of rotatable bonds is 7. The van der Waals surface area contributed by atoms with Crippen LogP contribution in [-0.2, 0) is 16.6 Å². The molecule has 0 unspecified atom stereocenters. The fourth-order valence-corrected chi connectivity index (χ4v) is 3.99. The summed E-state index contributed by atoms with van der Waals surface area (Å²) in [7, 11) is -3.79. The molecule has 0 saturated heterocycles. The molecule has 0 spiro atoms. The van der Waals surface area contributed by atoms with Gasteiger partial charge in [0.1, 0.15) is 0 Å². The first-order valence-corrected chi connectivity index (χ1v) is 10.9. The number of carbonyl (C=O) groups is 1. The normalized spacial score (nSPS) is 11.2. The lowest BCUT2D eigenvalue weighted by atomic mass is 10.2. The summed E-state index contributed by atoms with van der Waals surface area (Å²) in [4.78, 5) is 17.1. The van der Waals surface area contributed by atoms with Crippen LogP contribution in [0.3, 0.4) is 0 Å². The molecule has 0 radical (unpaired) electrons. The summed E-state index contributed by atoms with van der Waals surface area (Å²) >= 11 is 0. The van der Waals surface area contributed by atoms with E-state index in [0.29, 0.717) is 11.5 Å². The second-order valence-electron chi connectivity index (χ2n) is 6.62. The maximum absolute atomic E-state index is 12.8. The molecule has 2 aromatic heterocycles. The van der Waals surface area contributed by atoms with E-state index in [-0.39, 0.29) is 17.0 Å². The van der Waals surface area contributed by atoms with Crippen molar-refractivity contribution in [1.82, 2.24) is 19.5 Å². The largest absolute Gasteiger partial charge is 0.319 e. The third-order valence-corrected chi connectivity index (χ3v) is 5.87. The smallest absolute Gasteiger partial charge is 0.255 e. The van der Waals surface area contributed by atoms with Gasteiger partial charge in [0.2, 0.25) is 10.0 Å². The van der Waals surface area contributed by atoms with Gasteiger partial charge in [-0.3, -0.25) is 4.79 Å². The SMILES string of the molecule is O=C(Nc1cccnc1-n1cccn1)c1cccc(S(=O)(=O)NCc2ccccc2)c1. The van der Waals surface area contributed by atoms with Crippen LogP contribution < -0.4 is 10.0 Å². The van der Waals surface area contributed by atoms with E-state index < -0.39 is 15.9 Å². The van der Waals surface area contributed by atoms with E-state index in [1.54, 1.807) is 42.9 Å². The van der Waals surface area contributed by atoms with Gasteiger partial charge in [-0.1, -0.05) is 36.4 Å². The maximum atomic E-state index is 12.8. The van der Waals surface area contributed by atoms with E-state index in [4.69, 9.17) is 0 Å². The topological polar surface area (TPSA) is 106 Å². The Kier molecular flexibility index (Phi) is 5.87. The molecule has 0 aliphatic carbocycles. The van der Waals surface area contributed by atoms with Gasteiger partial charge in [-0.05, 0) is 42.0 Å². The fraction of sp³-hybridized carbons (Fsp3) is 0.0455. The number of aromatic nitrogens is 3. The van der Waals surface area contributed by atoms with Crippen LogP contribution >= 0.6 is 0 Å². The van der Waals surface area contributed by atoms with Crippen LogP contribution in [-0.4, -0.2) is 29.1 Å². The number of nitrogens with one attached hydrogen (secondary N) is 2. The highest BCUT2D eigenvalue weighted by Gasteiger charge is 2.17. The summed E-state index contributed by atoms with van der Waals surface area (Å²) in [5, 5.41) is 6.91. The summed E-state index contributed by atoms with van der Waals surface area (Å²) in [6.45, 7) is 0.155. The Bertz CT molecular complexity index is 1290. The quantitative estimate of drug-likeness (QED) is 0.466. The highest BCUT2D eigenvalue weighted by Crippen LogP contribution is 2.19. The van der Waals surface area contributed by atoms with E-state index in [2.05, 4.69) is 20.1 Å². The standard InChI is InChI=1S/C22H19N5O3S/c28-22(26-20-11-5-12-23-21(20)27-14-6-13-24-27)18-9-4-10-19(15-18)31(29,30)25-16-17-7-2-1-3-8-17/h1-15,25H,16H2,(H,26,28). The third kappa shape index (κ3) is 4.85. The average molecular weight is 433 g/mol. The van der Waals surface area contributed by atoms with Crippen molar-refractivity contribution in [3.8, 4) is 5.82 Å². The molecule has 0 fully saturated rings. The first kappa shape index (κ1) is 20.5. The van der Waals surface area contributed by atoms with Crippen LogP contribution in [0.15, 0.2) is 96.3 Å². The number of anilines is 1. The molecule has 1 amide bonds. The fourth-order valence-electron chi connectivity index (χ4n) is 2.93. The molecule has 0 aliphatic heterocycles. The number of nitrogens with zero attached hydrogens (tertiary/aromatic N) is 3. The second-order valence-corrected chi connectivity index (χ2v) is 8.38. The van der Waals surface area contributed by atoms with Crippen molar-refractivity contribution in [1.29, 1.82) is 0 Å². The van der Waals surface area contributed by atoms with E-state index in [1.807, 2.05) is 30.3 Å². The van der Waals surface area contributed by atoms with E-state index in [1.165, 1.54) is 22.9 Å². The minimum Gasteiger partial charge on any atom is -0.319 e. The van der Waals surface area contributed by atoms with Crippen molar-refractivity contribution in [2.75, 3.05) is 5.32 Å². The van der Waals surface area contributed by atoms with Crippen molar-refractivity contribution in [2.24, 2.45) is 0 Å². The minimum atomic E-state index is -3.79. The van der Waals surface area contributed by atoms with Crippen LogP contribution in [0.1, 0.15) is 15.9 Å². The Morgan fingerprint density at radius 1 is 0.935 bits per heavy atom. The highest BCUT2D eigenvalue weighted by atomic mass is 32.2. The van der Waals surface area contributed by atoms with Crippen LogP contribution in [0.2, 0.25) is 0 Å². The summed E-state index contributed by atoms with van der Waals surface area (Å²) in [6, 6.07) is 20.2. The monoisotopic (exact) mass is 433 g/mol. The Morgan fingerprint density at radius 2 is 1.77 bits per heavy atom. The van der Waals surface area contributed by atoms with Crippen LogP contribution in [0.5, 0.6) is 0 Å². The van der Waals surface area contributed by atoms with Gasteiger partial charge in [-0.15, -0.1) is 0 Å². The first-order chi connectivity index (χ1) is 15.0. The number of sulfonamides is 1. The zero-order valence-electron chi connectivity index (χ0n) is 16.3. The molecule has 4 aromatic rings. The molecule has 31 heavy (non-hydrogen) atoms. The van der Waals surface area contributed by atoms with Gasteiger partial charge in [0.25, 0.3) is 5.91 Å². The number of hydrogen-bond donors (Lipinski definition) is 2. The zero-order chi connectivity index (χ0) is 21.7. The predicted octanol–water partition coefficient (Wildman–Crippen LogP) is 3.00. The molecule has 156 valence electrons. The molecule has 2 aromatic carbocycles. The third-order valence-electron chi connectivity index (χ3n) is 4.47. The van der Waals surface area contributed by atoms with Crippen molar-refractivity contribution < 1.29 is 13.2 Å². The number of amides is 1. The van der Waals surface area contributed by atoms with E-state index >= 15 is 0 Å². The van der Waals surface area contributed by atoms with Crippen molar-refractivity contribution in [2.45, 2.75) is 11.4 Å². The summed E-state index contributed by atoms with van der Waals surface area (Å²) in [6.07, 6.45) is 4.92.